The molecule has 0 heterocycles. The molecule has 1 aromatic rings. The number of aliphatic hydroxyl groups is 1. The molecular weight excluding hydrogens is 267 g/mol. The maximum Gasteiger partial charge on any atom is 0.146 e. The summed E-state index contributed by atoms with van der Waals surface area (Å²) in [7, 11) is 0. The molecule has 1 unspecified atom stereocenters. The molecule has 0 aromatic heterocycles. The molecule has 0 fully saturated rings. The maximum atomic E-state index is 14.4. The van der Waals surface area contributed by atoms with Crippen molar-refractivity contribution in [2.75, 3.05) is 31.1 Å². The van der Waals surface area contributed by atoms with Gasteiger partial charge in [-0.25, -0.2) is 4.39 Å². The van der Waals surface area contributed by atoms with Crippen molar-refractivity contribution in [2.45, 2.75) is 46.1 Å². The van der Waals surface area contributed by atoms with E-state index in [-0.39, 0.29) is 18.5 Å². The summed E-state index contributed by atoms with van der Waals surface area (Å²) in [5.74, 6) is -0.206. The van der Waals surface area contributed by atoms with E-state index in [0.717, 1.165) is 37.9 Å². The first kappa shape index (κ1) is 17.9. The molecule has 120 valence electrons. The average molecular weight is 296 g/mol. The summed E-state index contributed by atoms with van der Waals surface area (Å²) in [5.41, 5.74) is 1.60. The zero-order chi connectivity index (χ0) is 15.7. The Labute approximate surface area is 128 Å². The Morgan fingerprint density at radius 2 is 2.00 bits per heavy atom. The van der Waals surface area contributed by atoms with Gasteiger partial charge in [0.05, 0.1) is 12.3 Å². The molecule has 1 rings (SSSR count). The standard InChI is InChI=1S/C17H29FN2O/c1-4-6-11-20(12-13-21)17-15(8-7-9-16(17)18)14(3)19-10-5-2/h7-9,14,19,21H,4-6,10-13H2,1-3H3. The van der Waals surface area contributed by atoms with Gasteiger partial charge in [0, 0.05) is 19.1 Å². The Balaban J connectivity index is 3.05. The van der Waals surface area contributed by atoms with Gasteiger partial charge in [0.25, 0.3) is 0 Å². The number of aliphatic hydroxyl groups excluding tert-OH is 1. The van der Waals surface area contributed by atoms with Crippen molar-refractivity contribution in [3.63, 3.8) is 0 Å². The van der Waals surface area contributed by atoms with Gasteiger partial charge in [0.1, 0.15) is 5.82 Å². The monoisotopic (exact) mass is 296 g/mol. The number of benzene rings is 1. The summed E-state index contributed by atoms with van der Waals surface area (Å²) in [5, 5.41) is 12.7. The molecule has 0 aliphatic carbocycles. The smallest absolute Gasteiger partial charge is 0.146 e. The van der Waals surface area contributed by atoms with Crippen molar-refractivity contribution in [2.24, 2.45) is 0 Å². The second kappa shape index (κ2) is 9.74. The third kappa shape index (κ3) is 5.29. The molecule has 1 aromatic carbocycles. The van der Waals surface area contributed by atoms with E-state index in [0.29, 0.717) is 12.2 Å². The number of hydrogen-bond donors (Lipinski definition) is 2. The van der Waals surface area contributed by atoms with E-state index in [1.165, 1.54) is 6.07 Å². The fourth-order valence-electron chi connectivity index (χ4n) is 2.49. The highest BCUT2D eigenvalue weighted by Crippen LogP contribution is 2.29. The van der Waals surface area contributed by atoms with E-state index >= 15 is 0 Å². The van der Waals surface area contributed by atoms with Crippen molar-refractivity contribution in [3.8, 4) is 0 Å². The lowest BCUT2D eigenvalue weighted by molar-refractivity contribution is 0.301. The first-order valence-corrected chi connectivity index (χ1v) is 8.03. The van der Waals surface area contributed by atoms with Crippen LogP contribution in [0.2, 0.25) is 0 Å². The summed E-state index contributed by atoms with van der Waals surface area (Å²) in [6.45, 7) is 8.47. The molecule has 3 nitrogen and oxygen atoms in total. The van der Waals surface area contributed by atoms with Gasteiger partial charge in [-0.3, -0.25) is 0 Å². The van der Waals surface area contributed by atoms with Gasteiger partial charge in [-0.15, -0.1) is 0 Å². The van der Waals surface area contributed by atoms with Crippen LogP contribution in [0.15, 0.2) is 18.2 Å². The zero-order valence-electron chi connectivity index (χ0n) is 13.5. The van der Waals surface area contributed by atoms with Crippen LogP contribution in [0.4, 0.5) is 10.1 Å². The highest BCUT2D eigenvalue weighted by molar-refractivity contribution is 5.56. The molecule has 21 heavy (non-hydrogen) atoms. The fraction of sp³-hybridized carbons (Fsp3) is 0.647. The van der Waals surface area contributed by atoms with Gasteiger partial charge in [-0.05, 0) is 37.9 Å². The Hall–Kier alpha value is -1.13. The molecule has 0 amide bonds. The molecule has 0 saturated heterocycles. The minimum absolute atomic E-state index is 0.0360. The lowest BCUT2D eigenvalue weighted by Gasteiger charge is -2.29. The van der Waals surface area contributed by atoms with Crippen LogP contribution in [0.5, 0.6) is 0 Å². The van der Waals surface area contributed by atoms with Crippen LogP contribution in [-0.4, -0.2) is 31.3 Å². The highest BCUT2D eigenvalue weighted by Gasteiger charge is 2.19. The zero-order valence-corrected chi connectivity index (χ0v) is 13.5. The molecule has 0 aliphatic rings. The third-order valence-corrected chi connectivity index (χ3v) is 3.65. The van der Waals surface area contributed by atoms with E-state index < -0.39 is 0 Å². The molecule has 0 radical (unpaired) electrons. The van der Waals surface area contributed by atoms with Crippen molar-refractivity contribution in [1.82, 2.24) is 5.32 Å². The Morgan fingerprint density at radius 3 is 2.62 bits per heavy atom. The lowest BCUT2D eigenvalue weighted by atomic mass is 10.0. The van der Waals surface area contributed by atoms with Crippen LogP contribution in [0, 0.1) is 5.82 Å². The van der Waals surface area contributed by atoms with Crippen molar-refractivity contribution in [1.29, 1.82) is 0 Å². The van der Waals surface area contributed by atoms with Crippen LogP contribution >= 0.6 is 0 Å². The summed E-state index contributed by atoms with van der Waals surface area (Å²) in [4.78, 5) is 1.97. The Bertz CT molecular complexity index is 412. The normalized spacial score (nSPS) is 12.4. The van der Waals surface area contributed by atoms with Gasteiger partial charge in [-0.2, -0.15) is 0 Å². The van der Waals surface area contributed by atoms with Crippen LogP contribution in [0.3, 0.4) is 0 Å². The van der Waals surface area contributed by atoms with E-state index in [9.17, 15) is 9.50 Å². The molecule has 0 spiro atoms. The van der Waals surface area contributed by atoms with E-state index in [1.807, 2.05) is 11.0 Å². The minimum atomic E-state index is -0.206. The van der Waals surface area contributed by atoms with Gasteiger partial charge in [0.15, 0.2) is 0 Å². The number of halogens is 1. The van der Waals surface area contributed by atoms with E-state index in [4.69, 9.17) is 0 Å². The number of nitrogens with one attached hydrogen (secondary N) is 1. The van der Waals surface area contributed by atoms with Gasteiger partial charge in [-0.1, -0.05) is 32.4 Å². The summed E-state index contributed by atoms with van der Waals surface area (Å²) in [6, 6.07) is 5.33. The van der Waals surface area contributed by atoms with Crippen LogP contribution in [-0.2, 0) is 0 Å². The van der Waals surface area contributed by atoms with Crippen molar-refractivity contribution >= 4 is 5.69 Å². The Kier molecular flexibility index (Phi) is 8.31. The molecule has 0 saturated carbocycles. The number of nitrogens with zero attached hydrogens (tertiary/aromatic N) is 1. The molecule has 0 aliphatic heterocycles. The summed E-state index contributed by atoms with van der Waals surface area (Å²) < 4.78 is 14.4. The fourth-order valence-corrected chi connectivity index (χ4v) is 2.49. The van der Waals surface area contributed by atoms with Crippen molar-refractivity contribution in [3.05, 3.63) is 29.6 Å². The predicted molar refractivity (Wildman–Crippen MR) is 87.3 cm³/mol. The minimum Gasteiger partial charge on any atom is -0.395 e. The lowest BCUT2D eigenvalue weighted by Crippen LogP contribution is -2.31. The second-order valence-corrected chi connectivity index (χ2v) is 5.42. The average Bonchev–Trinajstić information content (AvgIpc) is 2.49. The topological polar surface area (TPSA) is 35.5 Å². The van der Waals surface area contributed by atoms with Crippen LogP contribution in [0.25, 0.3) is 0 Å². The summed E-state index contributed by atoms with van der Waals surface area (Å²) in [6.07, 6.45) is 3.09. The highest BCUT2D eigenvalue weighted by atomic mass is 19.1. The van der Waals surface area contributed by atoms with Gasteiger partial charge in [0.2, 0.25) is 0 Å². The molecule has 2 N–H and O–H groups in total. The van der Waals surface area contributed by atoms with Crippen LogP contribution in [0.1, 0.15) is 51.6 Å². The van der Waals surface area contributed by atoms with E-state index in [1.54, 1.807) is 6.07 Å². The largest absolute Gasteiger partial charge is 0.395 e. The second-order valence-electron chi connectivity index (χ2n) is 5.42. The number of rotatable bonds is 10. The number of hydrogen-bond acceptors (Lipinski definition) is 3. The first-order chi connectivity index (χ1) is 10.2. The predicted octanol–water partition coefficient (Wildman–Crippen LogP) is 3.49. The molecule has 0 bridgehead atoms. The van der Waals surface area contributed by atoms with Crippen LogP contribution < -0.4 is 10.2 Å². The molecule has 1 atom stereocenters. The Morgan fingerprint density at radius 1 is 1.24 bits per heavy atom. The summed E-state index contributed by atoms with van der Waals surface area (Å²) >= 11 is 0. The van der Waals surface area contributed by atoms with E-state index in [2.05, 4.69) is 26.1 Å². The molecular formula is C17H29FN2O. The number of para-hydroxylation sites is 1. The maximum absolute atomic E-state index is 14.4. The third-order valence-electron chi connectivity index (χ3n) is 3.65. The van der Waals surface area contributed by atoms with Gasteiger partial charge < -0.3 is 15.3 Å². The quantitative estimate of drug-likeness (QED) is 0.694. The molecule has 4 heteroatoms. The first-order valence-electron chi connectivity index (χ1n) is 8.03. The van der Waals surface area contributed by atoms with Gasteiger partial charge >= 0.3 is 0 Å². The number of anilines is 1. The van der Waals surface area contributed by atoms with Crippen molar-refractivity contribution < 1.29 is 9.50 Å². The SMILES string of the molecule is CCCCN(CCO)c1c(F)cccc1C(C)NCCC. The number of unbranched alkanes of at least 4 members (excludes halogenated alkanes) is 1.